The second-order valence-corrected chi connectivity index (χ2v) is 6.39. The van der Waals surface area contributed by atoms with Crippen molar-refractivity contribution in [2.24, 2.45) is 0 Å². The van der Waals surface area contributed by atoms with E-state index in [1.807, 2.05) is 40.6 Å². The van der Waals surface area contributed by atoms with E-state index in [0.29, 0.717) is 10.1 Å². The van der Waals surface area contributed by atoms with Crippen LogP contribution in [0.1, 0.15) is 11.0 Å². The summed E-state index contributed by atoms with van der Waals surface area (Å²) < 4.78 is 0. The van der Waals surface area contributed by atoms with E-state index in [1.165, 1.54) is 11.3 Å². The van der Waals surface area contributed by atoms with Crippen molar-refractivity contribution in [3.63, 3.8) is 0 Å². The monoisotopic (exact) mass is 347 g/mol. The van der Waals surface area contributed by atoms with Crippen molar-refractivity contribution in [2.75, 3.05) is 4.90 Å². The van der Waals surface area contributed by atoms with Gasteiger partial charge in [-0.2, -0.15) is 5.26 Å². The third kappa shape index (κ3) is 2.59. The molecular formula is C15H10ClN3OS2. The number of thiophene rings is 1. The Balaban J connectivity index is 2.14. The van der Waals surface area contributed by atoms with Gasteiger partial charge in [0.2, 0.25) is 0 Å². The molecule has 1 aromatic heterocycles. The zero-order valence-electron chi connectivity index (χ0n) is 11.2. The molecule has 2 aromatic rings. The van der Waals surface area contributed by atoms with Crippen LogP contribution in [-0.4, -0.2) is 5.91 Å². The minimum atomic E-state index is -0.420. The van der Waals surface area contributed by atoms with Gasteiger partial charge in [0.05, 0.1) is 5.03 Å². The van der Waals surface area contributed by atoms with Gasteiger partial charge in [-0.3, -0.25) is 4.79 Å². The first kappa shape index (κ1) is 15.0. The fourth-order valence-electron chi connectivity index (χ4n) is 2.22. The van der Waals surface area contributed by atoms with Gasteiger partial charge in [0.15, 0.2) is 0 Å². The summed E-state index contributed by atoms with van der Waals surface area (Å²) >= 11 is 11.9. The predicted molar refractivity (Wildman–Crippen MR) is 90.8 cm³/mol. The Morgan fingerprint density at radius 1 is 1.32 bits per heavy atom. The number of benzene rings is 1. The summed E-state index contributed by atoms with van der Waals surface area (Å²) in [6.45, 7) is 0. The Bertz CT molecular complexity index is 778. The number of rotatable bonds is 2. The molecule has 0 radical (unpaired) electrons. The second-order valence-electron chi connectivity index (χ2n) is 4.55. The minimum Gasteiger partial charge on any atom is -0.326 e. The predicted octanol–water partition coefficient (Wildman–Crippen LogP) is 3.70. The van der Waals surface area contributed by atoms with Crippen molar-refractivity contribution >= 4 is 47.2 Å². The molecule has 0 spiro atoms. The summed E-state index contributed by atoms with van der Waals surface area (Å²) in [6, 6.07) is 12.9. The Kier molecular flexibility index (Phi) is 4.12. The SMILES string of the molecule is N#CC1=C(S)N(c2ccc(Cl)cc2)[C@@H](c2cccs2)NC1=O. The first-order chi connectivity index (χ1) is 10.6. The van der Waals surface area contributed by atoms with Crippen molar-refractivity contribution < 1.29 is 4.79 Å². The molecule has 1 aliphatic rings. The Labute approximate surface area is 142 Å². The molecule has 22 heavy (non-hydrogen) atoms. The van der Waals surface area contributed by atoms with E-state index < -0.39 is 12.1 Å². The van der Waals surface area contributed by atoms with Gasteiger partial charge in [-0.25, -0.2) is 0 Å². The molecular weight excluding hydrogens is 338 g/mol. The smallest absolute Gasteiger partial charge is 0.266 e. The van der Waals surface area contributed by atoms with Crippen molar-refractivity contribution in [3.8, 4) is 6.07 Å². The van der Waals surface area contributed by atoms with Gasteiger partial charge >= 0.3 is 0 Å². The number of nitrogens with zero attached hydrogens (tertiary/aromatic N) is 2. The molecule has 0 saturated carbocycles. The number of hydrogen-bond acceptors (Lipinski definition) is 5. The molecule has 110 valence electrons. The number of nitriles is 1. The lowest BCUT2D eigenvalue weighted by Gasteiger charge is -2.37. The van der Waals surface area contributed by atoms with E-state index in [1.54, 1.807) is 12.1 Å². The van der Waals surface area contributed by atoms with Crippen LogP contribution in [0.2, 0.25) is 5.02 Å². The van der Waals surface area contributed by atoms with Crippen LogP contribution in [0.4, 0.5) is 5.69 Å². The molecule has 3 rings (SSSR count). The zero-order chi connectivity index (χ0) is 15.7. The third-order valence-corrected chi connectivity index (χ3v) is 4.85. The van der Waals surface area contributed by atoms with Crippen LogP contribution >= 0.6 is 35.6 Å². The average Bonchev–Trinajstić information content (AvgIpc) is 3.03. The van der Waals surface area contributed by atoms with Crippen LogP contribution in [0.15, 0.2) is 52.4 Å². The van der Waals surface area contributed by atoms with Gasteiger partial charge < -0.3 is 10.2 Å². The Morgan fingerprint density at radius 3 is 2.64 bits per heavy atom. The molecule has 0 aliphatic carbocycles. The second kappa shape index (κ2) is 6.05. The molecule has 0 bridgehead atoms. The van der Waals surface area contributed by atoms with Gasteiger partial charge in [-0.1, -0.05) is 17.7 Å². The van der Waals surface area contributed by atoms with E-state index >= 15 is 0 Å². The largest absolute Gasteiger partial charge is 0.326 e. The van der Waals surface area contributed by atoms with Crippen LogP contribution in [0, 0.1) is 11.3 Å². The molecule has 1 aromatic carbocycles. The molecule has 0 fully saturated rings. The standard InChI is InChI=1S/C15H10ClN3OS2/c16-9-3-5-10(6-4-9)19-13(12-2-1-7-22-12)18-14(20)11(8-17)15(19)21/h1-7,13,21H,(H,18,20)/t13-/m0/s1. The van der Waals surface area contributed by atoms with Crippen molar-refractivity contribution in [2.45, 2.75) is 6.17 Å². The van der Waals surface area contributed by atoms with Crippen LogP contribution < -0.4 is 10.2 Å². The van der Waals surface area contributed by atoms with Gasteiger partial charge in [-0.05, 0) is 35.7 Å². The quantitative estimate of drug-likeness (QED) is 0.814. The minimum absolute atomic E-state index is 0.00825. The summed E-state index contributed by atoms with van der Waals surface area (Å²) in [5, 5.41) is 14.9. The summed E-state index contributed by atoms with van der Waals surface area (Å²) in [5.74, 6) is -0.420. The number of nitrogens with one attached hydrogen (secondary N) is 1. The highest BCUT2D eigenvalue weighted by atomic mass is 35.5. The fourth-order valence-corrected chi connectivity index (χ4v) is 3.50. The average molecular weight is 348 g/mol. The number of carbonyl (C=O) groups is 1. The lowest BCUT2D eigenvalue weighted by atomic mass is 10.1. The van der Waals surface area contributed by atoms with Crippen LogP contribution in [0.25, 0.3) is 0 Å². The van der Waals surface area contributed by atoms with Crippen molar-refractivity contribution in [1.82, 2.24) is 5.32 Å². The molecule has 0 saturated heterocycles. The Morgan fingerprint density at radius 2 is 2.05 bits per heavy atom. The maximum absolute atomic E-state index is 12.1. The van der Waals surface area contributed by atoms with Crippen LogP contribution in [-0.2, 0) is 4.79 Å². The normalized spacial score (nSPS) is 18.1. The summed E-state index contributed by atoms with van der Waals surface area (Å²) in [6.07, 6.45) is -0.404. The number of carbonyl (C=O) groups excluding carboxylic acids is 1. The summed E-state index contributed by atoms with van der Waals surface area (Å²) in [7, 11) is 0. The highest BCUT2D eigenvalue weighted by Gasteiger charge is 2.34. The van der Waals surface area contributed by atoms with Gasteiger partial charge in [0.1, 0.15) is 17.8 Å². The van der Waals surface area contributed by atoms with E-state index in [-0.39, 0.29) is 5.57 Å². The zero-order valence-corrected chi connectivity index (χ0v) is 13.6. The first-order valence-corrected chi connectivity index (χ1v) is 8.04. The van der Waals surface area contributed by atoms with Gasteiger partial charge in [0, 0.05) is 15.6 Å². The van der Waals surface area contributed by atoms with Gasteiger partial charge in [-0.15, -0.1) is 24.0 Å². The van der Waals surface area contributed by atoms with Crippen LogP contribution in [0.3, 0.4) is 0 Å². The summed E-state index contributed by atoms with van der Waals surface area (Å²) in [5.41, 5.74) is 0.784. The lowest BCUT2D eigenvalue weighted by Crippen LogP contribution is -2.45. The molecule has 2 heterocycles. The molecule has 1 N–H and O–H groups in total. The number of amides is 1. The van der Waals surface area contributed by atoms with E-state index in [4.69, 9.17) is 11.6 Å². The molecule has 7 heteroatoms. The van der Waals surface area contributed by atoms with Gasteiger partial charge in [0.25, 0.3) is 5.91 Å². The Hall–Kier alpha value is -1.94. The molecule has 1 aliphatic heterocycles. The first-order valence-electron chi connectivity index (χ1n) is 6.34. The molecule has 4 nitrogen and oxygen atoms in total. The molecule has 1 atom stereocenters. The maximum Gasteiger partial charge on any atom is 0.266 e. The van der Waals surface area contributed by atoms with Crippen LogP contribution in [0.5, 0.6) is 0 Å². The number of hydrogen-bond donors (Lipinski definition) is 2. The number of halogens is 1. The number of thiol groups is 1. The highest BCUT2D eigenvalue weighted by Crippen LogP contribution is 2.37. The lowest BCUT2D eigenvalue weighted by molar-refractivity contribution is -0.118. The fraction of sp³-hybridized carbons (Fsp3) is 0.0667. The summed E-state index contributed by atoms with van der Waals surface area (Å²) in [4.78, 5) is 14.9. The third-order valence-electron chi connectivity index (χ3n) is 3.23. The van der Waals surface area contributed by atoms with Crippen molar-refractivity contribution in [1.29, 1.82) is 5.26 Å². The highest BCUT2D eigenvalue weighted by molar-refractivity contribution is 7.84. The topological polar surface area (TPSA) is 56.1 Å². The molecule has 1 amide bonds. The van der Waals surface area contributed by atoms with E-state index in [9.17, 15) is 10.1 Å². The molecule has 0 unspecified atom stereocenters. The van der Waals surface area contributed by atoms with Crippen molar-refractivity contribution in [3.05, 3.63) is 62.3 Å². The maximum atomic E-state index is 12.1. The van der Waals surface area contributed by atoms with E-state index in [0.717, 1.165) is 10.6 Å². The number of anilines is 1. The van der Waals surface area contributed by atoms with E-state index in [2.05, 4.69) is 17.9 Å².